The molecule has 0 fully saturated rings. The summed E-state index contributed by atoms with van der Waals surface area (Å²) in [6.07, 6.45) is 0. The van der Waals surface area contributed by atoms with Gasteiger partial charge in [0.05, 0.1) is 5.69 Å². The standard InChI is InChI=1S/C11H9BrN4S/c1-14-11-16-10(9(6-13)17-11)15-8-5-3-2-4-7(8)12/h2-5,15H,1H3,(H,14,16). The zero-order valence-corrected chi connectivity index (χ0v) is 11.4. The third-order valence-electron chi connectivity index (χ3n) is 2.07. The van der Waals surface area contributed by atoms with Gasteiger partial charge in [-0.3, -0.25) is 0 Å². The Labute approximate surface area is 111 Å². The van der Waals surface area contributed by atoms with E-state index in [0.717, 1.165) is 15.3 Å². The lowest BCUT2D eigenvalue weighted by molar-refractivity contribution is 1.33. The summed E-state index contributed by atoms with van der Waals surface area (Å²) in [5, 5.41) is 15.8. The number of nitrogens with zero attached hydrogens (tertiary/aromatic N) is 2. The zero-order valence-electron chi connectivity index (χ0n) is 8.99. The highest BCUT2D eigenvalue weighted by molar-refractivity contribution is 9.10. The summed E-state index contributed by atoms with van der Waals surface area (Å²) in [5.74, 6) is 0.578. The fraction of sp³-hybridized carbons (Fsp3) is 0.0909. The summed E-state index contributed by atoms with van der Waals surface area (Å²) in [6.45, 7) is 0. The summed E-state index contributed by atoms with van der Waals surface area (Å²) in [7, 11) is 1.78. The van der Waals surface area contributed by atoms with Crippen LogP contribution < -0.4 is 10.6 Å². The first-order valence-corrected chi connectivity index (χ1v) is 6.45. The van der Waals surface area contributed by atoms with Crippen LogP contribution in [-0.4, -0.2) is 12.0 Å². The first kappa shape index (κ1) is 11.9. The van der Waals surface area contributed by atoms with Crippen LogP contribution in [-0.2, 0) is 0 Å². The van der Waals surface area contributed by atoms with Gasteiger partial charge in [0, 0.05) is 11.5 Å². The number of anilines is 3. The maximum atomic E-state index is 9.02. The molecule has 6 heteroatoms. The van der Waals surface area contributed by atoms with Crippen LogP contribution in [0.15, 0.2) is 28.7 Å². The molecule has 0 atom stereocenters. The highest BCUT2D eigenvalue weighted by atomic mass is 79.9. The fourth-order valence-electron chi connectivity index (χ4n) is 1.28. The van der Waals surface area contributed by atoms with E-state index in [1.807, 2.05) is 24.3 Å². The molecule has 2 rings (SSSR count). The number of para-hydroxylation sites is 1. The molecule has 0 aliphatic rings. The molecule has 0 saturated carbocycles. The summed E-state index contributed by atoms with van der Waals surface area (Å²) >= 11 is 4.76. The van der Waals surface area contributed by atoms with Crippen LogP contribution in [0.1, 0.15) is 4.88 Å². The van der Waals surface area contributed by atoms with E-state index in [1.54, 1.807) is 7.05 Å². The minimum atomic E-state index is 0.560. The maximum Gasteiger partial charge on any atom is 0.185 e. The van der Waals surface area contributed by atoms with Crippen molar-refractivity contribution in [1.29, 1.82) is 5.26 Å². The smallest absolute Gasteiger partial charge is 0.185 e. The lowest BCUT2D eigenvalue weighted by Gasteiger charge is -2.05. The molecule has 0 saturated heterocycles. The number of halogens is 1. The van der Waals surface area contributed by atoms with Crippen molar-refractivity contribution in [2.45, 2.75) is 0 Å². The molecule has 0 radical (unpaired) electrons. The van der Waals surface area contributed by atoms with Crippen molar-refractivity contribution in [2.24, 2.45) is 0 Å². The third-order valence-corrected chi connectivity index (χ3v) is 3.74. The number of nitriles is 1. The quantitative estimate of drug-likeness (QED) is 0.910. The molecule has 0 unspecified atom stereocenters. The highest BCUT2D eigenvalue weighted by Crippen LogP contribution is 2.31. The van der Waals surface area contributed by atoms with E-state index >= 15 is 0 Å². The minimum absolute atomic E-state index is 0.560. The molecule has 0 spiro atoms. The normalized spacial score (nSPS) is 9.71. The van der Waals surface area contributed by atoms with Crippen molar-refractivity contribution in [3.05, 3.63) is 33.6 Å². The third kappa shape index (κ3) is 2.57. The second-order valence-electron chi connectivity index (χ2n) is 3.16. The second-order valence-corrected chi connectivity index (χ2v) is 5.02. The SMILES string of the molecule is CNc1nc(Nc2ccccc2Br)c(C#N)s1. The minimum Gasteiger partial charge on any atom is -0.364 e. The molecule has 2 N–H and O–H groups in total. The number of rotatable bonds is 3. The molecular weight excluding hydrogens is 300 g/mol. The molecule has 4 nitrogen and oxygen atoms in total. The molecule has 1 aromatic carbocycles. The molecule has 0 bridgehead atoms. The number of thiazole rings is 1. The maximum absolute atomic E-state index is 9.02. The van der Waals surface area contributed by atoms with Gasteiger partial charge in [-0.05, 0) is 28.1 Å². The molecule has 0 aliphatic carbocycles. The largest absolute Gasteiger partial charge is 0.364 e. The molecule has 1 aromatic heterocycles. The Morgan fingerprint density at radius 3 is 2.82 bits per heavy atom. The first-order valence-electron chi connectivity index (χ1n) is 4.85. The Bertz CT molecular complexity index is 573. The van der Waals surface area contributed by atoms with Gasteiger partial charge in [-0.15, -0.1) is 0 Å². The van der Waals surface area contributed by atoms with E-state index in [9.17, 15) is 0 Å². The van der Waals surface area contributed by atoms with E-state index in [2.05, 4.69) is 37.6 Å². The van der Waals surface area contributed by atoms with Crippen LogP contribution >= 0.6 is 27.3 Å². The van der Waals surface area contributed by atoms with Crippen molar-refractivity contribution in [3.8, 4) is 6.07 Å². The van der Waals surface area contributed by atoms with E-state index in [-0.39, 0.29) is 0 Å². The fourth-order valence-corrected chi connectivity index (χ4v) is 2.33. The van der Waals surface area contributed by atoms with Crippen LogP contribution in [0.25, 0.3) is 0 Å². The Balaban J connectivity index is 2.33. The van der Waals surface area contributed by atoms with Crippen LogP contribution in [0.5, 0.6) is 0 Å². The van der Waals surface area contributed by atoms with E-state index < -0.39 is 0 Å². The van der Waals surface area contributed by atoms with E-state index in [1.165, 1.54) is 11.3 Å². The molecular formula is C11H9BrN4S. The molecule has 1 heterocycles. The number of benzene rings is 1. The van der Waals surface area contributed by atoms with Crippen molar-refractivity contribution in [1.82, 2.24) is 4.98 Å². The average Bonchev–Trinajstić information content (AvgIpc) is 2.74. The second kappa shape index (κ2) is 5.17. The van der Waals surface area contributed by atoms with Crippen molar-refractivity contribution in [3.63, 3.8) is 0 Å². The predicted octanol–water partition coefficient (Wildman–Crippen LogP) is 3.56. The van der Waals surface area contributed by atoms with Gasteiger partial charge in [-0.2, -0.15) is 5.26 Å². The molecule has 17 heavy (non-hydrogen) atoms. The van der Waals surface area contributed by atoms with Gasteiger partial charge in [-0.1, -0.05) is 23.5 Å². The lowest BCUT2D eigenvalue weighted by Crippen LogP contribution is -1.94. The number of hydrogen-bond acceptors (Lipinski definition) is 5. The van der Waals surface area contributed by atoms with Gasteiger partial charge in [0.15, 0.2) is 15.8 Å². The van der Waals surface area contributed by atoms with Gasteiger partial charge in [0.25, 0.3) is 0 Å². The molecule has 0 amide bonds. The van der Waals surface area contributed by atoms with Gasteiger partial charge < -0.3 is 10.6 Å². The van der Waals surface area contributed by atoms with Gasteiger partial charge in [-0.25, -0.2) is 4.98 Å². The first-order chi connectivity index (χ1) is 8.24. The van der Waals surface area contributed by atoms with E-state index in [4.69, 9.17) is 5.26 Å². The Morgan fingerprint density at radius 2 is 2.18 bits per heavy atom. The van der Waals surface area contributed by atoms with Crippen LogP contribution in [0.3, 0.4) is 0 Å². The van der Waals surface area contributed by atoms with Crippen LogP contribution in [0.4, 0.5) is 16.6 Å². The van der Waals surface area contributed by atoms with Crippen molar-refractivity contribution >= 4 is 43.9 Å². The predicted molar refractivity (Wildman–Crippen MR) is 73.8 cm³/mol. The Morgan fingerprint density at radius 1 is 1.41 bits per heavy atom. The van der Waals surface area contributed by atoms with Gasteiger partial charge >= 0.3 is 0 Å². The monoisotopic (exact) mass is 308 g/mol. The van der Waals surface area contributed by atoms with Crippen molar-refractivity contribution in [2.75, 3.05) is 17.7 Å². The Kier molecular flexibility index (Phi) is 3.61. The number of nitrogens with one attached hydrogen (secondary N) is 2. The molecule has 0 aliphatic heterocycles. The van der Waals surface area contributed by atoms with E-state index in [0.29, 0.717) is 10.7 Å². The summed E-state index contributed by atoms with van der Waals surface area (Å²) < 4.78 is 0.933. The topological polar surface area (TPSA) is 60.7 Å². The van der Waals surface area contributed by atoms with Crippen LogP contribution in [0.2, 0.25) is 0 Å². The number of aromatic nitrogens is 1. The zero-order chi connectivity index (χ0) is 12.3. The summed E-state index contributed by atoms with van der Waals surface area (Å²) in [4.78, 5) is 4.85. The Hall–Kier alpha value is -1.58. The molecule has 86 valence electrons. The number of hydrogen-bond donors (Lipinski definition) is 2. The van der Waals surface area contributed by atoms with Gasteiger partial charge in [0.1, 0.15) is 6.07 Å². The van der Waals surface area contributed by atoms with Crippen molar-refractivity contribution < 1.29 is 0 Å². The lowest BCUT2D eigenvalue weighted by atomic mass is 10.3. The average molecular weight is 309 g/mol. The molecule has 2 aromatic rings. The van der Waals surface area contributed by atoms with Crippen LogP contribution in [0, 0.1) is 11.3 Å². The van der Waals surface area contributed by atoms with Gasteiger partial charge in [0.2, 0.25) is 0 Å². The summed E-state index contributed by atoms with van der Waals surface area (Å²) in [5.41, 5.74) is 0.886. The highest BCUT2D eigenvalue weighted by Gasteiger charge is 2.11. The summed E-state index contributed by atoms with van der Waals surface area (Å²) in [6, 6.07) is 9.83.